The highest BCUT2D eigenvalue weighted by molar-refractivity contribution is 5.90. The molecule has 0 spiro atoms. The molecule has 372 valence electrons. The van der Waals surface area contributed by atoms with E-state index in [-0.39, 0.29) is 5.41 Å². The molecule has 0 saturated carbocycles. The summed E-state index contributed by atoms with van der Waals surface area (Å²) in [5.74, 6) is 3.47. The van der Waals surface area contributed by atoms with Gasteiger partial charge in [0.2, 0.25) is 5.69 Å². The van der Waals surface area contributed by atoms with E-state index in [1.54, 1.807) is 0 Å². The monoisotopic (exact) mass is 1010 g/mol. The van der Waals surface area contributed by atoms with Crippen LogP contribution in [0.25, 0.3) is 124 Å². The third-order valence-corrected chi connectivity index (χ3v) is 14.6. The Morgan fingerprint density at radius 3 is 1.23 bits per heavy atom. The Bertz CT molecular complexity index is 4360. The molecule has 0 atom stereocenters. The summed E-state index contributed by atoms with van der Waals surface area (Å²) in [6.07, 6.45) is 0. The summed E-state index contributed by atoms with van der Waals surface area (Å²) in [7, 11) is 0. The maximum Gasteiger partial charge on any atom is 0.414 e. The van der Waals surface area contributed by atoms with Gasteiger partial charge in [0, 0.05) is 56.5 Å². The van der Waals surface area contributed by atoms with Crippen LogP contribution < -0.4 is 4.68 Å². The maximum absolute atomic E-state index is 6.84. The molecule has 0 aliphatic heterocycles. The van der Waals surface area contributed by atoms with Crippen molar-refractivity contribution in [3.05, 3.63) is 260 Å². The first-order valence-corrected chi connectivity index (χ1v) is 26.3. The molecule has 0 amide bonds. The van der Waals surface area contributed by atoms with Crippen molar-refractivity contribution in [1.29, 1.82) is 0 Å². The van der Waals surface area contributed by atoms with E-state index in [0.29, 0.717) is 11.8 Å². The van der Waals surface area contributed by atoms with Crippen LogP contribution in [0.15, 0.2) is 259 Å². The van der Waals surface area contributed by atoms with E-state index in [4.69, 9.17) is 24.5 Å². The van der Waals surface area contributed by atoms with E-state index in [2.05, 4.69) is 253 Å². The summed E-state index contributed by atoms with van der Waals surface area (Å²) in [4.78, 5) is 16.4. The minimum absolute atomic E-state index is 0.000906. The first kappa shape index (κ1) is 46.3. The number of nitrogens with zero attached hydrogens (tertiary/aromatic N) is 8. The Kier molecular flexibility index (Phi) is 11.2. The van der Waals surface area contributed by atoms with E-state index in [0.717, 1.165) is 112 Å². The third-order valence-electron chi connectivity index (χ3n) is 14.6. The third kappa shape index (κ3) is 8.25. The normalized spacial score (nSPS) is 11.8. The lowest BCUT2D eigenvalue weighted by Gasteiger charge is -2.18. The first-order valence-electron chi connectivity index (χ1n) is 26.3. The zero-order chi connectivity index (χ0) is 52.3. The molecular formula is C69H51N8O+. The van der Waals surface area contributed by atoms with Gasteiger partial charge in [-0.2, -0.15) is 0 Å². The van der Waals surface area contributed by atoms with Gasteiger partial charge in [-0.1, -0.05) is 154 Å². The van der Waals surface area contributed by atoms with Gasteiger partial charge < -0.3 is 4.42 Å². The predicted octanol–water partition coefficient (Wildman–Crippen LogP) is 16.3. The highest BCUT2D eigenvalue weighted by Crippen LogP contribution is 2.40. The lowest BCUT2D eigenvalue weighted by Crippen LogP contribution is -2.34. The zero-order valence-electron chi connectivity index (χ0n) is 43.2. The van der Waals surface area contributed by atoms with Gasteiger partial charge in [0.05, 0.1) is 38.7 Å². The molecule has 14 aromatic rings. The second kappa shape index (κ2) is 18.8. The molecule has 9 nitrogen and oxygen atoms in total. The number of benzene rings is 10. The largest absolute Gasteiger partial charge is 0.414 e. The van der Waals surface area contributed by atoms with Crippen LogP contribution in [-0.4, -0.2) is 33.8 Å². The zero-order valence-corrected chi connectivity index (χ0v) is 43.2. The molecule has 4 heterocycles. The van der Waals surface area contributed by atoms with Crippen molar-refractivity contribution in [2.75, 3.05) is 0 Å². The van der Waals surface area contributed by atoms with E-state index < -0.39 is 0 Å². The van der Waals surface area contributed by atoms with Crippen molar-refractivity contribution in [2.45, 2.75) is 26.2 Å². The number of hydrogen-bond donors (Lipinski definition) is 0. The molecule has 14 rings (SSSR count). The molecular weight excluding hydrogens is 957 g/mol. The van der Waals surface area contributed by atoms with Gasteiger partial charge in [-0.25, -0.2) is 15.0 Å². The smallest absolute Gasteiger partial charge is 0.377 e. The fourth-order valence-corrected chi connectivity index (χ4v) is 10.7. The van der Waals surface area contributed by atoms with Crippen LogP contribution in [0.5, 0.6) is 0 Å². The summed E-state index contributed by atoms with van der Waals surface area (Å²) in [6, 6.07) is 88.5. The SMILES string of the molecule is CC(C)(C)c1ccc(-c2n[n+](-c3ccc4c(c3)nc(-c3cc(-c5nc6ccccc6n5-c5ccccc5)cc(-c5nc6ccccc6n5-c5ccccc5)c3)n4-c3ccccc3)c(-c3ccc(-c4ccccc4)cc3)o2)cc1. The molecule has 0 N–H and O–H groups in total. The van der Waals surface area contributed by atoms with Crippen LogP contribution >= 0.6 is 0 Å². The second-order valence-electron chi connectivity index (χ2n) is 20.7. The minimum atomic E-state index is -0.000906. The quantitative estimate of drug-likeness (QED) is 0.127. The van der Waals surface area contributed by atoms with E-state index >= 15 is 0 Å². The van der Waals surface area contributed by atoms with Crippen molar-refractivity contribution in [3.8, 4) is 90.9 Å². The van der Waals surface area contributed by atoms with Crippen LogP contribution in [0, 0.1) is 0 Å². The second-order valence-corrected chi connectivity index (χ2v) is 20.7. The van der Waals surface area contributed by atoms with Gasteiger partial charge >= 0.3 is 5.89 Å². The van der Waals surface area contributed by atoms with Crippen molar-refractivity contribution in [1.82, 2.24) is 33.8 Å². The fourth-order valence-electron chi connectivity index (χ4n) is 10.7. The lowest BCUT2D eigenvalue weighted by molar-refractivity contribution is -0.647. The van der Waals surface area contributed by atoms with Crippen molar-refractivity contribution >= 4 is 33.1 Å². The van der Waals surface area contributed by atoms with Gasteiger partial charge in [0.15, 0.2) is 0 Å². The van der Waals surface area contributed by atoms with Crippen molar-refractivity contribution in [2.24, 2.45) is 0 Å². The van der Waals surface area contributed by atoms with Crippen LogP contribution in [0.3, 0.4) is 0 Å². The van der Waals surface area contributed by atoms with Crippen LogP contribution in [0.2, 0.25) is 0 Å². The molecule has 0 aliphatic rings. The highest BCUT2D eigenvalue weighted by atomic mass is 16.4. The van der Waals surface area contributed by atoms with Crippen LogP contribution in [-0.2, 0) is 5.41 Å². The first-order chi connectivity index (χ1) is 38.3. The number of aromatic nitrogens is 8. The molecule has 0 unspecified atom stereocenters. The number of hydrogen-bond acceptors (Lipinski definition) is 5. The van der Waals surface area contributed by atoms with Crippen LogP contribution in [0.4, 0.5) is 0 Å². The molecule has 0 radical (unpaired) electrons. The Balaban J connectivity index is 0.993. The number of para-hydroxylation sites is 7. The average Bonchev–Trinajstić information content (AvgIpc) is 4.45. The Labute approximate surface area is 451 Å². The Morgan fingerprint density at radius 2 is 0.744 bits per heavy atom. The summed E-state index contributed by atoms with van der Waals surface area (Å²) >= 11 is 0. The standard InChI is InChI=1S/C69H51N8O/c1-69(2,3)53-38-36-48(37-39-53)67-73-77(68(78-67)49-34-32-47(33-35-49)46-20-8-4-9-21-46)57-40-41-63-60(45-57)72-66(76(63)56-26-14-7-15-27-56)52-43-50(64-70-58-28-16-18-30-61(58)74(64)54-22-10-5-11-23-54)42-51(44-52)65-71-59-29-17-19-31-62(59)75(65)55-24-12-6-13-25-55/h4-45H,1-3H3/q+1. The van der Waals surface area contributed by atoms with E-state index in [1.165, 1.54) is 5.56 Å². The fraction of sp³-hybridized carbons (Fsp3) is 0.0580. The minimum Gasteiger partial charge on any atom is -0.377 e. The Hall–Kier alpha value is -10.3. The number of rotatable bonds is 10. The van der Waals surface area contributed by atoms with Gasteiger partial charge in [-0.3, -0.25) is 13.7 Å². The molecule has 10 aromatic carbocycles. The summed E-state index contributed by atoms with van der Waals surface area (Å²) in [6.45, 7) is 6.67. The van der Waals surface area contributed by atoms with Crippen molar-refractivity contribution < 1.29 is 9.10 Å². The van der Waals surface area contributed by atoms with E-state index in [1.807, 2.05) is 41.1 Å². The summed E-state index contributed by atoms with van der Waals surface area (Å²) in [5, 5.41) is 5.24. The van der Waals surface area contributed by atoms with Crippen molar-refractivity contribution in [3.63, 3.8) is 0 Å². The summed E-state index contributed by atoms with van der Waals surface area (Å²) < 4.78 is 15.5. The van der Waals surface area contributed by atoms with Gasteiger partial charge in [-0.15, -0.1) is 0 Å². The predicted molar refractivity (Wildman–Crippen MR) is 313 cm³/mol. The van der Waals surface area contributed by atoms with Gasteiger partial charge in [0.25, 0.3) is 5.89 Å². The summed E-state index contributed by atoms with van der Waals surface area (Å²) in [5.41, 5.74) is 17.3. The molecule has 9 heteroatoms. The van der Waals surface area contributed by atoms with Gasteiger partial charge in [0.1, 0.15) is 17.5 Å². The van der Waals surface area contributed by atoms with Gasteiger partial charge in [-0.05, 0) is 136 Å². The lowest BCUT2D eigenvalue weighted by atomic mass is 9.87. The molecule has 4 aromatic heterocycles. The van der Waals surface area contributed by atoms with E-state index in [9.17, 15) is 0 Å². The molecule has 0 aliphatic carbocycles. The molecule has 0 bridgehead atoms. The molecule has 0 saturated heterocycles. The highest BCUT2D eigenvalue weighted by Gasteiger charge is 2.30. The van der Waals surface area contributed by atoms with Crippen LogP contribution in [0.1, 0.15) is 26.3 Å². The topological polar surface area (TPSA) is 83.4 Å². The Morgan fingerprint density at radius 1 is 0.346 bits per heavy atom. The molecule has 0 fully saturated rings. The maximum atomic E-state index is 6.84. The average molecular weight is 1010 g/mol. The molecule has 78 heavy (non-hydrogen) atoms. The number of imidazole rings is 3. The number of fused-ring (bicyclic) bond motifs is 3.